The molecule has 2 aromatic rings. The highest BCUT2D eigenvalue weighted by Crippen LogP contribution is 2.29. The van der Waals surface area contributed by atoms with E-state index in [0.29, 0.717) is 6.61 Å². The fourth-order valence-corrected chi connectivity index (χ4v) is 1.90. The first-order chi connectivity index (χ1) is 6.75. The van der Waals surface area contributed by atoms with Gasteiger partial charge in [0.05, 0.1) is 12.1 Å². The Kier molecular flexibility index (Phi) is 2.20. The molecule has 0 aliphatic heterocycles. The van der Waals surface area contributed by atoms with E-state index < -0.39 is 0 Å². The zero-order valence-corrected chi connectivity index (χ0v) is 8.87. The van der Waals surface area contributed by atoms with Gasteiger partial charge in [-0.25, -0.2) is 0 Å². The van der Waals surface area contributed by atoms with Crippen LogP contribution < -0.4 is 4.74 Å². The molecular weight excluding hydrogens is 174 g/mol. The monoisotopic (exact) mass is 189 g/mol. The van der Waals surface area contributed by atoms with Crippen molar-refractivity contribution in [2.45, 2.75) is 13.8 Å². The number of ether oxygens (including phenoxy) is 1. The summed E-state index contributed by atoms with van der Waals surface area (Å²) in [5.74, 6) is 0.980. The second-order valence-electron chi connectivity index (χ2n) is 3.44. The Bertz CT molecular complexity index is 418. The molecule has 0 atom stereocenters. The second kappa shape index (κ2) is 3.37. The number of nitrogens with zero attached hydrogens (tertiary/aromatic N) is 1. The minimum absolute atomic E-state index is 0.713. The predicted molar refractivity (Wildman–Crippen MR) is 58.8 cm³/mol. The van der Waals surface area contributed by atoms with Gasteiger partial charge in [0.25, 0.3) is 0 Å². The number of para-hydroxylation sites is 1. The second-order valence-corrected chi connectivity index (χ2v) is 3.44. The summed E-state index contributed by atoms with van der Waals surface area (Å²) < 4.78 is 7.72. The smallest absolute Gasteiger partial charge is 0.197 e. The van der Waals surface area contributed by atoms with Gasteiger partial charge in [-0.2, -0.15) is 0 Å². The van der Waals surface area contributed by atoms with Crippen LogP contribution in [0.5, 0.6) is 5.88 Å². The summed E-state index contributed by atoms with van der Waals surface area (Å²) in [4.78, 5) is 0. The van der Waals surface area contributed by atoms with Gasteiger partial charge in [-0.15, -0.1) is 0 Å². The lowest BCUT2D eigenvalue weighted by Gasteiger charge is -2.05. The van der Waals surface area contributed by atoms with E-state index in [0.717, 1.165) is 5.88 Å². The van der Waals surface area contributed by atoms with Crippen molar-refractivity contribution in [3.63, 3.8) is 0 Å². The molecule has 0 saturated carbocycles. The molecule has 1 heterocycles. The van der Waals surface area contributed by atoms with E-state index in [-0.39, 0.29) is 0 Å². The van der Waals surface area contributed by atoms with Crippen LogP contribution in [0.15, 0.2) is 24.3 Å². The number of aryl methyl sites for hydroxylation is 2. The molecule has 0 fully saturated rings. The van der Waals surface area contributed by atoms with Crippen molar-refractivity contribution in [1.29, 1.82) is 0 Å². The quantitative estimate of drug-likeness (QED) is 0.708. The van der Waals surface area contributed by atoms with Crippen LogP contribution in [0.4, 0.5) is 0 Å². The fourth-order valence-electron chi connectivity index (χ4n) is 1.90. The number of hydrogen-bond acceptors (Lipinski definition) is 1. The highest BCUT2D eigenvalue weighted by Gasteiger charge is 2.10. The molecule has 0 aliphatic carbocycles. The van der Waals surface area contributed by atoms with Crippen molar-refractivity contribution >= 4 is 10.9 Å². The van der Waals surface area contributed by atoms with E-state index in [4.69, 9.17) is 4.74 Å². The van der Waals surface area contributed by atoms with E-state index in [9.17, 15) is 0 Å². The van der Waals surface area contributed by atoms with Gasteiger partial charge < -0.3 is 9.30 Å². The lowest BCUT2D eigenvalue weighted by Crippen LogP contribution is -1.98. The van der Waals surface area contributed by atoms with Crippen LogP contribution >= 0.6 is 0 Å². The van der Waals surface area contributed by atoms with Gasteiger partial charge in [0.2, 0.25) is 0 Å². The molecular formula is C12H15NO. The maximum atomic E-state index is 5.62. The Balaban J connectivity index is 2.72. The Morgan fingerprint density at radius 1 is 1.29 bits per heavy atom. The summed E-state index contributed by atoms with van der Waals surface area (Å²) in [5.41, 5.74) is 2.46. The maximum Gasteiger partial charge on any atom is 0.197 e. The average molecular weight is 189 g/mol. The first kappa shape index (κ1) is 9.13. The number of hydrogen-bond donors (Lipinski definition) is 0. The third kappa shape index (κ3) is 1.18. The summed E-state index contributed by atoms with van der Waals surface area (Å²) in [6.07, 6.45) is 0. The number of fused-ring (bicyclic) bond motifs is 1. The van der Waals surface area contributed by atoms with Gasteiger partial charge in [0, 0.05) is 18.0 Å². The molecule has 0 saturated heterocycles. The molecule has 2 rings (SSSR count). The van der Waals surface area contributed by atoms with E-state index >= 15 is 0 Å². The van der Waals surface area contributed by atoms with Gasteiger partial charge in [0.1, 0.15) is 0 Å². The standard InChI is InChI=1S/C12H15NO/c1-4-14-12-9(2)10-7-5-6-8-11(10)13(12)3/h5-8H,4H2,1-3H3. The minimum Gasteiger partial charge on any atom is -0.479 e. The molecule has 1 aromatic carbocycles. The van der Waals surface area contributed by atoms with Crippen LogP contribution in [0.25, 0.3) is 10.9 Å². The summed E-state index contributed by atoms with van der Waals surface area (Å²) in [6.45, 7) is 4.83. The van der Waals surface area contributed by atoms with Crippen LogP contribution in [-0.4, -0.2) is 11.2 Å². The molecule has 14 heavy (non-hydrogen) atoms. The lowest BCUT2D eigenvalue weighted by molar-refractivity contribution is 0.315. The lowest BCUT2D eigenvalue weighted by atomic mass is 10.2. The largest absolute Gasteiger partial charge is 0.479 e. The Hall–Kier alpha value is -1.44. The number of rotatable bonds is 2. The minimum atomic E-state index is 0.713. The normalized spacial score (nSPS) is 10.8. The van der Waals surface area contributed by atoms with Crippen molar-refractivity contribution in [2.75, 3.05) is 6.61 Å². The third-order valence-corrected chi connectivity index (χ3v) is 2.58. The van der Waals surface area contributed by atoms with E-state index in [2.05, 4.69) is 35.8 Å². The van der Waals surface area contributed by atoms with Crippen molar-refractivity contribution < 1.29 is 4.74 Å². The van der Waals surface area contributed by atoms with Crippen molar-refractivity contribution in [2.24, 2.45) is 7.05 Å². The van der Waals surface area contributed by atoms with E-state index in [1.807, 2.05) is 14.0 Å². The van der Waals surface area contributed by atoms with Crippen LogP contribution in [0.1, 0.15) is 12.5 Å². The summed E-state index contributed by atoms with van der Waals surface area (Å²) in [7, 11) is 2.04. The first-order valence-electron chi connectivity index (χ1n) is 4.92. The molecule has 2 nitrogen and oxygen atoms in total. The van der Waals surface area contributed by atoms with Crippen molar-refractivity contribution in [3.05, 3.63) is 29.8 Å². The Morgan fingerprint density at radius 3 is 2.64 bits per heavy atom. The number of benzene rings is 1. The van der Waals surface area contributed by atoms with Gasteiger partial charge >= 0.3 is 0 Å². The molecule has 0 spiro atoms. The molecule has 1 aromatic heterocycles. The van der Waals surface area contributed by atoms with Crippen molar-refractivity contribution in [1.82, 2.24) is 4.57 Å². The summed E-state index contributed by atoms with van der Waals surface area (Å²) in [5, 5.41) is 1.28. The van der Waals surface area contributed by atoms with Crippen LogP contribution in [0.3, 0.4) is 0 Å². The highest BCUT2D eigenvalue weighted by atomic mass is 16.5. The Morgan fingerprint density at radius 2 is 2.00 bits per heavy atom. The van der Waals surface area contributed by atoms with Crippen LogP contribution in [0, 0.1) is 6.92 Å². The van der Waals surface area contributed by atoms with Gasteiger partial charge in [-0.1, -0.05) is 18.2 Å². The Labute approximate surface area is 84.1 Å². The summed E-state index contributed by atoms with van der Waals surface area (Å²) >= 11 is 0. The van der Waals surface area contributed by atoms with Gasteiger partial charge in [-0.3, -0.25) is 0 Å². The zero-order chi connectivity index (χ0) is 10.1. The van der Waals surface area contributed by atoms with Gasteiger partial charge in [0.15, 0.2) is 5.88 Å². The van der Waals surface area contributed by atoms with E-state index in [1.54, 1.807) is 0 Å². The van der Waals surface area contributed by atoms with Gasteiger partial charge in [-0.05, 0) is 19.9 Å². The third-order valence-electron chi connectivity index (χ3n) is 2.58. The topological polar surface area (TPSA) is 14.2 Å². The predicted octanol–water partition coefficient (Wildman–Crippen LogP) is 2.89. The first-order valence-corrected chi connectivity index (χ1v) is 4.92. The van der Waals surface area contributed by atoms with Crippen LogP contribution in [-0.2, 0) is 7.05 Å². The molecule has 0 unspecified atom stereocenters. The average Bonchev–Trinajstić information content (AvgIpc) is 2.45. The zero-order valence-electron chi connectivity index (χ0n) is 8.87. The molecule has 0 radical (unpaired) electrons. The van der Waals surface area contributed by atoms with Crippen LogP contribution in [0.2, 0.25) is 0 Å². The van der Waals surface area contributed by atoms with E-state index in [1.165, 1.54) is 16.5 Å². The SMILES string of the molecule is CCOc1c(C)c2ccccc2n1C. The molecule has 0 aliphatic rings. The number of aromatic nitrogens is 1. The molecule has 0 bridgehead atoms. The highest BCUT2D eigenvalue weighted by molar-refractivity contribution is 5.86. The van der Waals surface area contributed by atoms with Crippen molar-refractivity contribution in [3.8, 4) is 5.88 Å². The molecule has 0 amide bonds. The maximum absolute atomic E-state index is 5.62. The summed E-state index contributed by atoms with van der Waals surface area (Å²) in [6, 6.07) is 8.36. The molecule has 0 N–H and O–H groups in total. The molecule has 74 valence electrons. The fraction of sp³-hybridized carbons (Fsp3) is 0.333. The molecule has 2 heteroatoms.